The highest BCUT2D eigenvalue weighted by Gasteiger charge is 2.35. The number of furan rings is 1. The molecule has 3 heterocycles. The third-order valence-electron chi connectivity index (χ3n) is 4.51. The summed E-state index contributed by atoms with van der Waals surface area (Å²) in [5.74, 6) is 0.431. The first kappa shape index (κ1) is 15.8. The average Bonchev–Trinajstić information content (AvgIpc) is 3.31. The molecular weight excluding hydrogens is 325 g/mol. The maximum Gasteiger partial charge on any atom is 0.258 e. The summed E-state index contributed by atoms with van der Waals surface area (Å²) in [6.07, 6.45) is 3.04. The molecular formula is C18H18FN3O3. The van der Waals surface area contributed by atoms with E-state index in [9.17, 15) is 9.18 Å². The Morgan fingerprint density at radius 3 is 3.00 bits per heavy atom. The quantitative estimate of drug-likeness (QED) is 0.717. The number of halogens is 1. The van der Waals surface area contributed by atoms with E-state index in [0.29, 0.717) is 29.2 Å². The zero-order valence-corrected chi connectivity index (χ0v) is 14.0. The van der Waals surface area contributed by atoms with Gasteiger partial charge in [-0.25, -0.2) is 4.39 Å². The van der Waals surface area contributed by atoms with Gasteiger partial charge in [0.15, 0.2) is 5.82 Å². The predicted octanol–water partition coefficient (Wildman–Crippen LogP) is 4.06. The fourth-order valence-electron chi connectivity index (χ4n) is 3.25. The summed E-state index contributed by atoms with van der Waals surface area (Å²) in [5.41, 5.74) is 0.618. The van der Waals surface area contributed by atoms with E-state index in [0.717, 1.165) is 12.8 Å². The predicted molar refractivity (Wildman–Crippen MR) is 87.6 cm³/mol. The number of nitrogens with zero attached hydrogens (tertiary/aromatic N) is 3. The van der Waals surface area contributed by atoms with Gasteiger partial charge in [-0.1, -0.05) is 19.0 Å². The fourth-order valence-corrected chi connectivity index (χ4v) is 3.25. The third kappa shape index (κ3) is 2.69. The Labute approximate surface area is 143 Å². The van der Waals surface area contributed by atoms with E-state index in [4.69, 9.17) is 8.94 Å². The van der Waals surface area contributed by atoms with Crippen molar-refractivity contribution in [1.82, 2.24) is 15.0 Å². The number of hydrogen-bond acceptors (Lipinski definition) is 5. The molecule has 0 radical (unpaired) electrons. The lowest BCUT2D eigenvalue weighted by Gasteiger charge is -2.22. The normalized spacial score (nSPS) is 17.8. The second-order valence-corrected chi connectivity index (χ2v) is 6.59. The van der Waals surface area contributed by atoms with Gasteiger partial charge in [0.05, 0.1) is 17.9 Å². The summed E-state index contributed by atoms with van der Waals surface area (Å²) >= 11 is 0. The summed E-state index contributed by atoms with van der Waals surface area (Å²) in [7, 11) is 0. The van der Waals surface area contributed by atoms with Crippen LogP contribution in [0.25, 0.3) is 11.0 Å². The Balaban J connectivity index is 1.69. The Bertz CT molecular complexity index is 931. The highest BCUT2D eigenvalue weighted by molar-refractivity contribution is 6.05. The lowest BCUT2D eigenvalue weighted by atomic mass is 10.1. The minimum Gasteiger partial charge on any atom is -0.464 e. The molecule has 2 aromatic heterocycles. The van der Waals surface area contributed by atoms with Crippen molar-refractivity contribution < 1.29 is 18.1 Å². The highest BCUT2D eigenvalue weighted by atomic mass is 19.1. The van der Waals surface area contributed by atoms with Crippen molar-refractivity contribution in [3.05, 3.63) is 47.6 Å². The van der Waals surface area contributed by atoms with Gasteiger partial charge in [0.2, 0.25) is 5.89 Å². The first-order chi connectivity index (χ1) is 12.0. The molecule has 1 amide bonds. The third-order valence-corrected chi connectivity index (χ3v) is 4.51. The first-order valence-electron chi connectivity index (χ1n) is 8.36. The molecule has 1 unspecified atom stereocenters. The fraction of sp³-hybridized carbons (Fsp3) is 0.389. The molecule has 0 N–H and O–H groups in total. The van der Waals surface area contributed by atoms with Crippen molar-refractivity contribution in [2.24, 2.45) is 0 Å². The lowest BCUT2D eigenvalue weighted by molar-refractivity contribution is 0.0728. The van der Waals surface area contributed by atoms with Gasteiger partial charge in [0.25, 0.3) is 5.91 Å². The van der Waals surface area contributed by atoms with Crippen molar-refractivity contribution in [3.63, 3.8) is 0 Å². The molecule has 6 nitrogen and oxygen atoms in total. The number of fused-ring (bicyclic) bond motifs is 1. The van der Waals surface area contributed by atoms with Gasteiger partial charge in [-0.3, -0.25) is 4.79 Å². The number of hydrogen-bond donors (Lipinski definition) is 0. The molecule has 0 aliphatic carbocycles. The maximum absolute atomic E-state index is 13.9. The molecule has 1 aliphatic rings. The van der Waals surface area contributed by atoms with Crippen LogP contribution in [0, 0.1) is 5.82 Å². The van der Waals surface area contributed by atoms with Crippen LogP contribution in [-0.2, 0) is 0 Å². The summed E-state index contributed by atoms with van der Waals surface area (Å²) in [5, 5.41) is 4.61. The van der Waals surface area contributed by atoms with Gasteiger partial charge in [-0.15, -0.1) is 0 Å². The summed E-state index contributed by atoms with van der Waals surface area (Å²) in [6, 6.07) is 3.95. The Morgan fingerprint density at radius 2 is 2.24 bits per heavy atom. The van der Waals surface area contributed by atoms with Crippen molar-refractivity contribution >= 4 is 16.9 Å². The Hall–Kier alpha value is -2.70. The summed E-state index contributed by atoms with van der Waals surface area (Å²) in [6.45, 7) is 4.50. The van der Waals surface area contributed by atoms with E-state index >= 15 is 0 Å². The lowest BCUT2D eigenvalue weighted by Crippen LogP contribution is -2.31. The molecule has 4 rings (SSSR count). The van der Waals surface area contributed by atoms with E-state index in [1.54, 1.807) is 11.0 Å². The highest BCUT2D eigenvalue weighted by Crippen LogP contribution is 2.34. The number of benzene rings is 1. The average molecular weight is 343 g/mol. The second-order valence-electron chi connectivity index (χ2n) is 6.59. The molecule has 1 aliphatic heterocycles. The van der Waals surface area contributed by atoms with Crippen LogP contribution in [0.1, 0.15) is 60.7 Å². The van der Waals surface area contributed by atoms with E-state index < -0.39 is 5.82 Å². The number of rotatable bonds is 3. The zero-order valence-electron chi connectivity index (χ0n) is 14.0. The van der Waals surface area contributed by atoms with E-state index in [2.05, 4.69) is 10.1 Å². The molecule has 0 saturated carbocycles. The number of carbonyl (C=O) groups is 1. The Morgan fingerprint density at radius 1 is 1.40 bits per heavy atom. The molecule has 1 aromatic carbocycles. The Kier molecular flexibility index (Phi) is 3.78. The second kappa shape index (κ2) is 5.98. The number of amides is 1. The van der Waals surface area contributed by atoms with Crippen LogP contribution in [0.2, 0.25) is 0 Å². The van der Waals surface area contributed by atoms with Gasteiger partial charge in [0, 0.05) is 17.8 Å². The van der Waals surface area contributed by atoms with Crippen LogP contribution in [0.3, 0.4) is 0 Å². The van der Waals surface area contributed by atoms with Crippen molar-refractivity contribution in [2.75, 3.05) is 6.54 Å². The maximum atomic E-state index is 13.9. The van der Waals surface area contributed by atoms with Gasteiger partial charge in [-0.05, 0) is 31.0 Å². The van der Waals surface area contributed by atoms with E-state index in [1.807, 2.05) is 13.8 Å². The van der Waals surface area contributed by atoms with Gasteiger partial charge >= 0.3 is 0 Å². The van der Waals surface area contributed by atoms with E-state index in [1.165, 1.54) is 18.4 Å². The molecule has 0 bridgehead atoms. The van der Waals surface area contributed by atoms with Crippen molar-refractivity contribution in [3.8, 4) is 0 Å². The van der Waals surface area contributed by atoms with Crippen LogP contribution < -0.4 is 0 Å². The zero-order chi connectivity index (χ0) is 17.6. The standard InChI is InChI=1S/C18H18FN3O3/c1-10(2)17-20-16(21-25-17)14-4-3-6-22(14)18(23)13-9-12(19)8-11-5-7-24-15(11)13/h5,7-10,14H,3-4,6H2,1-2H3. The molecule has 0 spiro atoms. The topological polar surface area (TPSA) is 72.4 Å². The first-order valence-corrected chi connectivity index (χ1v) is 8.36. The van der Waals surface area contributed by atoms with Crippen LogP contribution in [-0.4, -0.2) is 27.5 Å². The molecule has 1 atom stereocenters. The minimum absolute atomic E-state index is 0.123. The van der Waals surface area contributed by atoms with Crippen molar-refractivity contribution in [2.45, 2.75) is 38.6 Å². The molecule has 25 heavy (non-hydrogen) atoms. The monoisotopic (exact) mass is 343 g/mol. The van der Waals surface area contributed by atoms with Gasteiger partial charge in [0.1, 0.15) is 11.4 Å². The molecule has 3 aromatic rings. The number of aromatic nitrogens is 2. The SMILES string of the molecule is CC(C)c1nc(C2CCCN2C(=O)c2cc(F)cc3ccoc23)no1. The van der Waals surface area contributed by atoms with Gasteiger partial charge < -0.3 is 13.8 Å². The minimum atomic E-state index is -0.463. The van der Waals surface area contributed by atoms with Crippen LogP contribution in [0.5, 0.6) is 0 Å². The van der Waals surface area contributed by atoms with Crippen LogP contribution >= 0.6 is 0 Å². The summed E-state index contributed by atoms with van der Waals surface area (Å²) < 4.78 is 24.6. The number of likely N-dealkylation sites (tertiary alicyclic amines) is 1. The van der Waals surface area contributed by atoms with Crippen molar-refractivity contribution in [1.29, 1.82) is 0 Å². The molecule has 1 saturated heterocycles. The smallest absolute Gasteiger partial charge is 0.258 e. The van der Waals surface area contributed by atoms with Crippen LogP contribution in [0.15, 0.2) is 33.4 Å². The van der Waals surface area contributed by atoms with Gasteiger partial charge in [-0.2, -0.15) is 4.98 Å². The summed E-state index contributed by atoms with van der Waals surface area (Å²) in [4.78, 5) is 19.1. The molecule has 130 valence electrons. The number of carbonyl (C=O) groups excluding carboxylic acids is 1. The molecule has 7 heteroatoms. The van der Waals surface area contributed by atoms with Crippen LogP contribution in [0.4, 0.5) is 4.39 Å². The largest absolute Gasteiger partial charge is 0.464 e. The van der Waals surface area contributed by atoms with E-state index in [-0.39, 0.29) is 23.4 Å². The molecule has 1 fully saturated rings.